The van der Waals surface area contributed by atoms with Gasteiger partial charge in [0.2, 0.25) is 0 Å². The van der Waals surface area contributed by atoms with Crippen LogP contribution in [0.3, 0.4) is 0 Å². The first-order valence-electron chi connectivity index (χ1n) is 6.50. The number of phosphoric ester groups is 2. The minimum atomic E-state index is -5.10. The van der Waals surface area contributed by atoms with Gasteiger partial charge in [0.25, 0.3) is 0 Å². The van der Waals surface area contributed by atoms with Crippen LogP contribution in [0, 0.1) is 0 Å². The van der Waals surface area contributed by atoms with Crippen molar-refractivity contribution in [1.82, 2.24) is 0 Å². The minimum Gasteiger partial charge on any atom is -0.324 e. The Balaban J connectivity index is -0.000000397. The van der Waals surface area contributed by atoms with E-state index in [4.69, 9.17) is 29.4 Å². The molecule has 0 aromatic heterocycles. The van der Waals surface area contributed by atoms with Gasteiger partial charge in [-0.25, -0.2) is 22.3 Å². The first-order chi connectivity index (χ1) is 12.8. The maximum absolute atomic E-state index is 10.8. The van der Waals surface area contributed by atoms with E-state index in [-0.39, 0.29) is 0 Å². The van der Waals surface area contributed by atoms with Crippen molar-refractivity contribution >= 4 is 46.3 Å². The Morgan fingerprint density at radius 2 is 0.667 bits per heavy atom. The lowest BCUT2D eigenvalue weighted by Gasteiger charge is -2.15. The minimum absolute atomic E-state index is 0.605. The lowest BCUT2D eigenvalue weighted by atomic mass is 11.8. The van der Waals surface area contributed by atoms with Crippen LogP contribution in [0.2, 0.25) is 0 Å². The van der Waals surface area contributed by atoms with Crippen molar-refractivity contribution in [2.45, 2.75) is 0 Å². The second-order valence-electron chi connectivity index (χ2n) is 4.61. The maximum Gasteiger partial charge on any atom is 0.488 e. The zero-order valence-electron chi connectivity index (χ0n) is 16.3. The van der Waals surface area contributed by atoms with Crippen LogP contribution in [0.4, 0.5) is 0 Å². The molecule has 0 aliphatic rings. The highest BCUT2D eigenvalue weighted by atomic mass is 31.3. The normalized spacial score (nSPS) is 23.2. The molecule has 24 heteroatoms. The van der Waals surface area contributed by atoms with Gasteiger partial charge < -0.3 is 33.9 Å². The van der Waals surface area contributed by atoms with Gasteiger partial charge in [-0.05, 0) is 0 Å². The van der Waals surface area contributed by atoms with Crippen LogP contribution in [0.25, 0.3) is 0 Å². The molecule has 0 rings (SSSR count). The van der Waals surface area contributed by atoms with Gasteiger partial charge in [-0.2, -0.15) is 4.31 Å². The fourth-order valence-electron chi connectivity index (χ4n) is 0.595. The predicted octanol–water partition coefficient (Wildman–Crippen LogP) is 1.69. The van der Waals surface area contributed by atoms with E-state index in [0.29, 0.717) is 6.66 Å². The summed E-state index contributed by atoms with van der Waals surface area (Å²) in [6.07, 6.45) is 0. The molecule has 0 saturated heterocycles. The van der Waals surface area contributed by atoms with Gasteiger partial charge in [0.1, 0.15) is 0 Å². The molecule has 0 aromatic rings. The Labute approximate surface area is 171 Å². The second kappa shape index (κ2) is 13.6. The molecule has 0 aliphatic carbocycles. The molecular weight excluding hydrogens is 546 g/mol. The molecule has 0 amide bonds. The highest BCUT2D eigenvalue weighted by molar-refractivity contribution is 7.68. The Kier molecular flexibility index (Phi) is 16.1. The fourth-order valence-corrected chi connectivity index (χ4v) is 5.62. The molecule has 18 nitrogen and oxygen atoms in total. The summed E-state index contributed by atoms with van der Waals surface area (Å²) in [7, 11) is -22.7. The number of phosphoric acid groups is 3. The Morgan fingerprint density at radius 1 is 0.433 bits per heavy atom. The van der Waals surface area contributed by atoms with Crippen LogP contribution in [-0.2, 0) is 53.9 Å². The molecule has 0 fully saturated rings. The van der Waals surface area contributed by atoms with Crippen LogP contribution < -0.4 is 0 Å². The van der Waals surface area contributed by atoms with E-state index in [2.05, 4.69) is 26.5 Å². The lowest BCUT2D eigenvalue weighted by molar-refractivity contribution is 0.203. The van der Waals surface area contributed by atoms with Gasteiger partial charge in [-0.15, -0.1) is 0 Å². The summed E-state index contributed by atoms with van der Waals surface area (Å²) >= 11 is 0. The summed E-state index contributed by atoms with van der Waals surface area (Å²) in [6.45, 7) is 2.52. The Bertz CT molecular complexity index is 785. The summed E-state index contributed by atoms with van der Waals surface area (Å²) < 4.78 is 85.2. The molecule has 186 valence electrons. The molecule has 0 heterocycles. The maximum atomic E-state index is 10.8. The lowest BCUT2D eigenvalue weighted by Crippen LogP contribution is -1.93. The third kappa shape index (κ3) is 28.9. The Hall–Kier alpha value is 0.900. The van der Waals surface area contributed by atoms with E-state index in [1.54, 1.807) is 0 Å². The van der Waals surface area contributed by atoms with Gasteiger partial charge in [-0.1, -0.05) is 0 Å². The highest BCUT2D eigenvalue weighted by Gasteiger charge is 2.38. The molecule has 0 saturated carbocycles. The van der Waals surface area contributed by atoms with Crippen LogP contribution >= 0.6 is 46.3 Å². The number of hydrogen-bond donors (Lipinski definition) is 6. The van der Waals surface area contributed by atoms with Gasteiger partial charge in [-0.3, -0.25) is 22.7 Å². The molecule has 0 aliphatic heterocycles. The van der Waals surface area contributed by atoms with E-state index in [9.17, 15) is 27.4 Å². The molecule has 6 unspecified atom stereocenters. The summed E-state index contributed by atoms with van der Waals surface area (Å²) in [5, 5.41) is 0. The number of rotatable bonds is 9. The first-order valence-corrected chi connectivity index (χ1v) is 17.1. The van der Waals surface area contributed by atoms with E-state index in [0.717, 1.165) is 27.5 Å². The average molecular weight is 570 g/mol. The zero-order valence-corrected chi connectivity index (χ0v) is 21.6. The molecular formula is C6H24O18P6. The van der Waals surface area contributed by atoms with Gasteiger partial charge >= 0.3 is 46.3 Å². The van der Waals surface area contributed by atoms with Crippen molar-refractivity contribution in [1.29, 1.82) is 0 Å². The van der Waals surface area contributed by atoms with E-state index >= 15 is 0 Å². The first kappa shape index (κ1) is 35.5. The highest BCUT2D eigenvalue weighted by Crippen LogP contribution is 2.66. The van der Waals surface area contributed by atoms with E-state index in [1.807, 2.05) is 0 Å². The zero-order chi connectivity index (χ0) is 25.2. The predicted molar refractivity (Wildman–Crippen MR) is 101 cm³/mol. The van der Waals surface area contributed by atoms with Crippen molar-refractivity contribution < 1.29 is 83.3 Å². The second-order valence-corrected chi connectivity index (χ2v) is 15.3. The van der Waals surface area contributed by atoms with Crippen LogP contribution in [0.1, 0.15) is 0 Å². The smallest absolute Gasteiger partial charge is 0.324 e. The molecule has 0 spiro atoms. The van der Waals surface area contributed by atoms with Crippen LogP contribution in [0.15, 0.2) is 0 Å². The summed E-state index contributed by atoms with van der Waals surface area (Å²) in [6, 6.07) is 0. The van der Waals surface area contributed by atoms with Gasteiger partial charge in [0.05, 0.1) is 0 Å². The van der Waals surface area contributed by atoms with Crippen LogP contribution in [0.5, 0.6) is 0 Å². The van der Waals surface area contributed by atoms with Crippen molar-refractivity contribution in [3.05, 3.63) is 0 Å². The summed E-state index contributed by atoms with van der Waals surface area (Å²) in [5.74, 6) is 0. The molecule has 0 bridgehead atoms. The van der Waals surface area contributed by atoms with Crippen LogP contribution in [-0.4, -0.2) is 70.7 Å². The molecule has 0 aromatic carbocycles. The number of hydrogen-bond acceptors (Lipinski definition) is 12. The Morgan fingerprint density at radius 3 is 0.833 bits per heavy atom. The van der Waals surface area contributed by atoms with Crippen molar-refractivity contribution in [2.24, 2.45) is 0 Å². The third-order valence-corrected chi connectivity index (χ3v) is 8.84. The van der Waals surface area contributed by atoms with Gasteiger partial charge in [0, 0.05) is 41.3 Å². The topological polar surface area (TPSA) is 279 Å². The monoisotopic (exact) mass is 570 g/mol. The van der Waals surface area contributed by atoms with Crippen molar-refractivity contribution in [2.75, 3.05) is 41.3 Å². The van der Waals surface area contributed by atoms with Gasteiger partial charge in [0.15, 0.2) is 0 Å². The van der Waals surface area contributed by atoms with Crippen molar-refractivity contribution in [3.8, 4) is 0 Å². The third-order valence-electron chi connectivity index (χ3n) is 1.52. The standard InChI is InChI=1S/C2H9O9P3.C2H8O6P2.C2H7O3P/c1-9-13(5,6)11-14(7,8)10-12(2,3)4;1-7-10(5,6)8-9(2,3)4;1-5-6(2,3)4/h1-2H3,(H,3,4)(H,5,6)(H,7,8);1-2H3,(H,3,4)(H,5,6);1-2H3,(H,3,4). The molecule has 30 heavy (non-hydrogen) atoms. The molecule has 6 atom stereocenters. The average Bonchev–Trinajstić information content (AvgIpc) is 2.41. The quantitative estimate of drug-likeness (QED) is 0.215. The summed E-state index contributed by atoms with van der Waals surface area (Å²) in [4.78, 5) is 50.8. The fraction of sp³-hybridized carbons (Fsp3) is 1.00. The largest absolute Gasteiger partial charge is 0.488 e. The molecule has 0 radical (unpaired) electrons. The summed E-state index contributed by atoms with van der Waals surface area (Å²) in [5.41, 5.74) is 0. The van der Waals surface area contributed by atoms with E-state index < -0.39 is 46.3 Å². The van der Waals surface area contributed by atoms with Crippen molar-refractivity contribution in [3.63, 3.8) is 0 Å². The SMILES string of the molecule is COP(=O)(O)OP(=O)(O)OP(C)(=O)O.COP(=O)(O)OP(C)(=O)O.COP(C)(=O)O. The van der Waals surface area contributed by atoms with E-state index in [1.165, 1.54) is 7.11 Å². The molecule has 6 N–H and O–H groups in total.